The molecule has 1 aromatic carbocycles. The highest BCUT2D eigenvalue weighted by Gasteiger charge is 2.60. The minimum atomic E-state index is -4.52. The average molecular weight is 349 g/mol. The Morgan fingerprint density at radius 3 is 2.45 bits per heavy atom. The van der Waals surface area contributed by atoms with E-state index in [4.69, 9.17) is 0 Å². The van der Waals surface area contributed by atoms with Gasteiger partial charge in [-0.05, 0) is 27.9 Å². The van der Waals surface area contributed by atoms with E-state index >= 15 is 0 Å². The van der Waals surface area contributed by atoms with Gasteiger partial charge in [-0.2, -0.15) is 18.6 Å². The van der Waals surface area contributed by atoms with Crippen molar-refractivity contribution in [2.24, 2.45) is 0 Å². The zero-order valence-corrected chi connectivity index (χ0v) is 12.3. The van der Waals surface area contributed by atoms with Gasteiger partial charge in [-0.1, -0.05) is 37.3 Å². The van der Waals surface area contributed by atoms with Gasteiger partial charge in [-0.3, -0.25) is 5.32 Å². The van der Waals surface area contributed by atoms with Crippen LogP contribution in [0.4, 0.5) is 13.2 Å². The normalized spacial score (nSPS) is 24.1. The molecule has 0 amide bonds. The molecule has 1 aliphatic heterocycles. The van der Waals surface area contributed by atoms with Crippen LogP contribution in [0, 0.1) is 0 Å². The first-order chi connectivity index (χ1) is 9.40. The van der Waals surface area contributed by atoms with E-state index in [0.29, 0.717) is 6.42 Å². The van der Waals surface area contributed by atoms with Gasteiger partial charge in [0.25, 0.3) is 0 Å². The lowest BCUT2D eigenvalue weighted by atomic mass is 10.0. The second-order valence-electron chi connectivity index (χ2n) is 4.48. The van der Waals surface area contributed by atoms with Gasteiger partial charge >= 0.3 is 6.18 Å². The molecule has 0 fully saturated rings. The summed E-state index contributed by atoms with van der Waals surface area (Å²) in [6, 6.07) is 8.59. The molecule has 0 saturated carbocycles. The lowest BCUT2D eigenvalue weighted by Gasteiger charge is -2.36. The number of nitrogens with zero attached hydrogens (tertiary/aromatic N) is 1. The fraction of sp³-hybridized carbons (Fsp3) is 0.385. The highest BCUT2D eigenvalue weighted by atomic mass is 79.9. The Kier molecular flexibility index (Phi) is 4.41. The number of rotatable bonds is 4. The molecule has 1 heterocycles. The number of hydrogen-bond acceptors (Lipinski definition) is 2. The maximum Gasteiger partial charge on any atom is 0.426 e. The van der Waals surface area contributed by atoms with Gasteiger partial charge in [-0.25, -0.2) is 5.43 Å². The van der Waals surface area contributed by atoms with E-state index in [1.54, 1.807) is 24.3 Å². The number of nitrogens with one attached hydrogen (secondary N) is 2. The predicted molar refractivity (Wildman–Crippen MR) is 73.7 cm³/mol. The highest BCUT2D eigenvalue weighted by Crippen LogP contribution is 2.40. The van der Waals surface area contributed by atoms with E-state index in [-0.39, 0.29) is 4.48 Å². The van der Waals surface area contributed by atoms with Gasteiger partial charge in [-0.15, -0.1) is 0 Å². The van der Waals surface area contributed by atoms with E-state index in [1.807, 2.05) is 13.0 Å². The van der Waals surface area contributed by atoms with Crippen molar-refractivity contribution in [2.75, 3.05) is 0 Å². The maximum absolute atomic E-state index is 13.4. The van der Waals surface area contributed by atoms with Crippen LogP contribution in [0.15, 0.2) is 41.0 Å². The van der Waals surface area contributed by atoms with E-state index in [0.717, 1.165) is 11.8 Å². The van der Waals surface area contributed by atoms with Crippen molar-refractivity contribution < 1.29 is 13.2 Å². The van der Waals surface area contributed by atoms with E-state index in [1.165, 1.54) is 0 Å². The largest absolute Gasteiger partial charge is 0.426 e. The maximum atomic E-state index is 13.4. The molecule has 0 bridgehead atoms. The third kappa shape index (κ3) is 2.70. The highest BCUT2D eigenvalue weighted by molar-refractivity contribution is 9.11. The zero-order valence-electron chi connectivity index (χ0n) is 10.7. The fourth-order valence-corrected chi connectivity index (χ4v) is 2.62. The summed E-state index contributed by atoms with van der Waals surface area (Å²) in [4.78, 5) is 0. The van der Waals surface area contributed by atoms with Gasteiger partial charge in [0.2, 0.25) is 5.66 Å². The van der Waals surface area contributed by atoms with Crippen molar-refractivity contribution in [3.05, 3.63) is 46.6 Å². The summed E-state index contributed by atoms with van der Waals surface area (Å²) >= 11 is 2.95. The molecule has 2 N–H and O–H groups in total. The molecule has 2 unspecified atom stereocenters. The number of hydrogen-bond donors (Lipinski definition) is 2. The van der Waals surface area contributed by atoms with Gasteiger partial charge in [0, 0.05) is 6.04 Å². The Morgan fingerprint density at radius 1 is 1.35 bits per heavy atom. The standard InChI is InChI=1S/C13H14BrF3N3/c1-2-10(9-6-4-3-5-7-9)19-12(13(15,16)17)11(14)8-18-20-12/h3-8,10,19-20H,2H2,1H3. The molecule has 0 spiro atoms. The van der Waals surface area contributed by atoms with Crippen LogP contribution >= 0.6 is 15.9 Å². The Hall–Kier alpha value is -1.05. The van der Waals surface area contributed by atoms with Crippen LogP contribution in [0.25, 0.3) is 0 Å². The molecule has 7 heteroatoms. The third-order valence-corrected chi connectivity index (χ3v) is 3.99. The van der Waals surface area contributed by atoms with E-state index < -0.39 is 17.9 Å². The number of alkyl halides is 3. The quantitative estimate of drug-likeness (QED) is 0.875. The van der Waals surface area contributed by atoms with Crippen molar-refractivity contribution in [1.29, 1.82) is 0 Å². The first-order valence-electron chi connectivity index (χ1n) is 6.13. The fourth-order valence-electron chi connectivity index (χ4n) is 2.09. The molecule has 2 rings (SSSR count). The molecule has 0 saturated heterocycles. The van der Waals surface area contributed by atoms with Crippen LogP contribution in [-0.4, -0.2) is 11.8 Å². The van der Waals surface area contributed by atoms with Crippen molar-refractivity contribution in [3.63, 3.8) is 0 Å². The summed E-state index contributed by atoms with van der Waals surface area (Å²) in [6.07, 6.45) is -2.88. The second-order valence-corrected chi connectivity index (χ2v) is 5.34. The summed E-state index contributed by atoms with van der Waals surface area (Å²) in [5, 5.41) is 2.64. The zero-order chi connectivity index (χ0) is 14.8. The minimum Gasteiger partial charge on any atom is -0.279 e. The van der Waals surface area contributed by atoms with Crippen LogP contribution in [0.2, 0.25) is 0 Å². The summed E-state index contributed by atoms with van der Waals surface area (Å²) in [6.45, 7) is 1.83. The van der Waals surface area contributed by atoms with E-state index in [9.17, 15) is 13.2 Å². The summed E-state index contributed by atoms with van der Waals surface area (Å²) in [5.41, 5.74) is 4.10. The molecular formula is C13H14BrF3N3. The van der Waals surface area contributed by atoms with Crippen LogP contribution in [0.3, 0.4) is 0 Å². The van der Waals surface area contributed by atoms with Crippen LogP contribution in [0.1, 0.15) is 24.9 Å². The van der Waals surface area contributed by atoms with E-state index in [2.05, 4.69) is 32.1 Å². The second kappa shape index (κ2) is 5.75. The molecule has 2 atom stereocenters. The molecular weight excluding hydrogens is 335 g/mol. The van der Waals surface area contributed by atoms with Crippen molar-refractivity contribution in [3.8, 4) is 0 Å². The molecule has 3 nitrogen and oxygen atoms in total. The SMILES string of the molecule is CCC(NC1(C(F)(F)F)N[N]C=C1Br)c1ccccc1. The van der Waals surface area contributed by atoms with Gasteiger partial charge in [0.15, 0.2) is 0 Å². The van der Waals surface area contributed by atoms with Crippen LogP contribution < -0.4 is 16.2 Å². The summed E-state index contributed by atoms with van der Waals surface area (Å²) in [7, 11) is 0. The molecule has 20 heavy (non-hydrogen) atoms. The van der Waals surface area contributed by atoms with Crippen molar-refractivity contribution >= 4 is 15.9 Å². The Balaban J connectivity index is 2.31. The molecule has 109 valence electrons. The minimum absolute atomic E-state index is 0.0770. The number of halogens is 4. The van der Waals surface area contributed by atoms with Crippen molar-refractivity contribution in [1.82, 2.24) is 16.2 Å². The predicted octanol–water partition coefficient (Wildman–Crippen LogP) is 3.34. The first kappa shape index (κ1) is 15.3. The molecule has 1 aromatic rings. The average Bonchev–Trinajstić information content (AvgIpc) is 2.79. The topological polar surface area (TPSA) is 38.2 Å². The Labute approximate surface area is 123 Å². The molecule has 1 radical (unpaired) electrons. The number of benzene rings is 1. The summed E-state index contributed by atoms with van der Waals surface area (Å²) in [5.74, 6) is 0. The van der Waals surface area contributed by atoms with Gasteiger partial charge in [0.05, 0.1) is 10.7 Å². The van der Waals surface area contributed by atoms with Crippen LogP contribution in [0.5, 0.6) is 0 Å². The lowest BCUT2D eigenvalue weighted by molar-refractivity contribution is -0.194. The molecule has 0 aliphatic carbocycles. The Morgan fingerprint density at radius 2 is 2.00 bits per heavy atom. The smallest absolute Gasteiger partial charge is 0.279 e. The Bertz CT molecular complexity index is 489. The lowest BCUT2D eigenvalue weighted by Crippen LogP contribution is -2.65. The summed E-state index contributed by atoms with van der Waals surface area (Å²) < 4.78 is 40.2. The van der Waals surface area contributed by atoms with Gasteiger partial charge in [0.1, 0.15) is 0 Å². The molecule has 1 aliphatic rings. The first-order valence-corrected chi connectivity index (χ1v) is 6.92. The third-order valence-electron chi connectivity index (χ3n) is 3.19. The monoisotopic (exact) mass is 348 g/mol. The van der Waals surface area contributed by atoms with Gasteiger partial charge < -0.3 is 0 Å². The van der Waals surface area contributed by atoms with Crippen LogP contribution in [-0.2, 0) is 0 Å². The van der Waals surface area contributed by atoms with Crippen molar-refractivity contribution in [2.45, 2.75) is 31.2 Å². The molecule has 0 aromatic heterocycles.